The van der Waals surface area contributed by atoms with Gasteiger partial charge in [-0.05, 0) is 399 Å². The molecule has 0 atom stereocenters. The fraction of sp³-hybridized carbons (Fsp3) is 0.395. The Morgan fingerprint density at radius 1 is 0.262 bits per heavy atom. The number of rotatable bonds is 10. The number of halogens is 1. The van der Waals surface area contributed by atoms with Gasteiger partial charge in [0.25, 0.3) is 0 Å². The quantitative estimate of drug-likeness (QED) is 0.122. The predicted molar refractivity (Wildman–Crippen MR) is 560 cm³/mol. The van der Waals surface area contributed by atoms with E-state index >= 15 is 0 Å². The van der Waals surface area contributed by atoms with Crippen molar-refractivity contribution in [2.45, 2.75) is 293 Å². The number of pyridine rings is 5. The molecule has 0 aliphatic heterocycles. The molecule has 0 aliphatic carbocycles. The summed E-state index contributed by atoms with van der Waals surface area (Å²) in [5.41, 5.74) is 51.6. The second kappa shape index (κ2) is 38.9. The zero-order valence-corrected chi connectivity index (χ0v) is 87.9. The zero-order valence-electron chi connectivity index (χ0n) is 92.9. The molecule has 0 unspecified atom stereocenters. The third kappa shape index (κ3) is 19.4. The first kappa shape index (κ1) is 92.5. The molecular weight excluding hydrogens is 1580 g/mol. The minimum Gasteiger partial charge on any atom is -0.207 e. The van der Waals surface area contributed by atoms with Crippen molar-refractivity contribution in [2.75, 3.05) is 0 Å². The minimum atomic E-state index is -0.225. The highest BCUT2D eigenvalue weighted by atomic mass is 19.1. The number of benzene rings is 10. The smallest absolute Gasteiger partial charge is 0.207 e. The van der Waals surface area contributed by atoms with Crippen LogP contribution in [-0.4, -0.2) is 0 Å². The molecule has 5 aromatic heterocycles. The lowest BCUT2D eigenvalue weighted by atomic mass is 9.79. The summed E-state index contributed by atoms with van der Waals surface area (Å²) in [6.07, 6.45) is 1.06. The fourth-order valence-electron chi connectivity index (χ4n) is 21.2. The van der Waals surface area contributed by atoms with Crippen LogP contribution >= 0.6 is 0 Å². The summed E-state index contributed by atoms with van der Waals surface area (Å²) in [7, 11) is 10.4. The number of aryl methyl sites for hydroxylation is 17. The average molecular weight is 1740 g/mol. The normalized spacial score (nSPS) is 12.2. The second-order valence-electron chi connectivity index (χ2n) is 41.3. The Balaban J connectivity index is 0.000000162. The molecule has 10 aromatic carbocycles. The molecule has 6 heteroatoms. The van der Waals surface area contributed by atoms with E-state index in [1.807, 2.05) is 33.9 Å². The molecule has 0 saturated heterocycles. The van der Waals surface area contributed by atoms with Gasteiger partial charge in [0, 0.05) is 70.2 Å². The van der Waals surface area contributed by atoms with Crippen molar-refractivity contribution < 1.29 is 34.1 Å². The van der Waals surface area contributed by atoms with E-state index in [0.29, 0.717) is 53.5 Å². The maximum atomic E-state index is 14.6. The average Bonchev–Trinajstić information content (AvgIpc) is 0.743. The second-order valence-corrected chi connectivity index (χ2v) is 41.3. The van der Waals surface area contributed by atoms with Gasteiger partial charge in [0.2, 0.25) is 28.5 Å². The van der Waals surface area contributed by atoms with Crippen LogP contribution in [0.15, 0.2) is 133 Å². The molecule has 0 radical (unpaired) electrons. The van der Waals surface area contributed by atoms with E-state index in [-0.39, 0.29) is 17.2 Å². The van der Waals surface area contributed by atoms with Gasteiger partial charge in [-0.1, -0.05) is 140 Å². The van der Waals surface area contributed by atoms with Crippen molar-refractivity contribution in [3.63, 3.8) is 0 Å². The molecule has 0 saturated carbocycles. The number of hydrogen-bond donors (Lipinski definition) is 0. The van der Waals surface area contributed by atoms with Crippen LogP contribution in [-0.2, 0) is 47.1 Å². The summed E-state index contributed by atoms with van der Waals surface area (Å²) in [6.45, 7) is 82.5. The summed E-state index contributed by atoms with van der Waals surface area (Å²) >= 11 is 0. The van der Waals surface area contributed by atoms with Crippen LogP contribution in [0, 0.1) is 199 Å². The number of fused-ring (bicyclic) bond motifs is 5. The predicted octanol–water partition coefficient (Wildman–Crippen LogP) is 31.0. The molecule has 680 valence electrons. The lowest BCUT2D eigenvalue weighted by molar-refractivity contribution is -0.665. The van der Waals surface area contributed by atoms with E-state index in [4.69, 9.17) is 6.85 Å². The number of nitrogens with zero attached hydrogens (tertiary/aromatic N) is 5. The molecule has 5 heterocycles. The highest BCUT2D eigenvalue weighted by Crippen LogP contribution is 2.44. The van der Waals surface area contributed by atoms with Crippen molar-refractivity contribution in [3.8, 4) is 56.3 Å². The van der Waals surface area contributed by atoms with Gasteiger partial charge < -0.3 is 0 Å². The lowest BCUT2D eigenvalue weighted by Crippen LogP contribution is -2.35. The van der Waals surface area contributed by atoms with Crippen molar-refractivity contribution in [3.05, 3.63) is 318 Å². The van der Waals surface area contributed by atoms with Gasteiger partial charge in [0.05, 0.1) is 61.6 Å². The van der Waals surface area contributed by atoms with E-state index < -0.39 is 0 Å². The van der Waals surface area contributed by atoms with Gasteiger partial charge in [0.15, 0.2) is 28.5 Å². The van der Waals surface area contributed by atoms with Gasteiger partial charge >= 0.3 is 0 Å². The molecule has 0 fully saturated rings. The first-order chi connectivity index (χ1) is 62.7. The Labute approximate surface area is 791 Å². The Kier molecular flexibility index (Phi) is 27.7. The topological polar surface area (TPSA) is 19.4 Å². The van der Waals surface area contributed by atoms with Crippen molar-refractivity contribution >= 4 is 53.9 Å². The largest absolute Gasteiger partial charge is 0.220 e. The molecular formula is C124H157FN5+5. The molecule has 15 aromatic rings. The van der Waals surface area contributed by atoms with E-state index in [2.05, 4.69) is 384 Å². The standard InChI is InChI=1S/2C26H34N.C25H32N.C24H30N.C23H27FN/c1-15-11-16(2)19(5)22(12-15)25-23-13-17(3)24(26(7,8)9)20(6)21(23)14-18(4)27(25)10;1-15(2)10-22-18(5)13-25-23(21(22)8)14-19(6)27(9)26(25)24-12-16(3)11-17(4)20(24)7;1-14(2)24-17(5)12-23-21(20(24)8)13-18(6)26(9)25(23)22-11-15(3)10-16(4)19(22)7;1-14(2)23-16(4)9-10-20-22(23)13-18(6)25(8)24(20)21-12-15(3)11-17(5)19(21)7;1-13(2)22-20-12-16(5)25(7)23(18(20)8-9-21(22)24)19-11-14(3)10-15(4)17(19)6/h11-14H,1-10H3;11-15H,10H2,1-9H3;10-14H,1-9H3;9-14H,1-8H3;8-13H,1-7H3/q5*+1/i2*14D;2*13D;12D. The number of aromatic nitrogens is 5. The SMILES string of the molecule is [2H]c1c(C)[n+](C)c(-c2cc(C)cc(C)c2C)c2cc(C)c(C(C)(C)C)c(C)c12.[2H]c1c(C)[n+](C)c(-c2cc(C)cc(C)c2C)c2cc(C)c(C(C)C)c(C)c12.[2H]c1c(C)[n+](C)c(-c2cc(C)cc(C)c2C)c2cc(C)c(CC(C)C)c(C)c12.[2H]c1c(C)[n+](C)c(-c2cc(C)cc(C)c2C)c2ccc(C)c(C(C)C)c12.[2H]c1c(C)[n+](C)c(-c2cc(C)cc(C)c2C)c2ccc(F)c(C(C)C)c12. The molecule has 0 spiro atoms. The van der Waals surface area contributed by atoms with E-state index in [9.17, 15) is 4.39 Å². The summed E-state index contributed by atoms with van der Waals surface area (Å²) < 4.78 is 69.7. The third-order valence-corrected chi connectivity index (χ3v) is 28.6. The maximum Gasteiger partial charge on any atom is 0.220 e. The van der Waals surface area contributed by atoms with E-state index in [1.54, 1.807) is 6.07 Å². The van der Waals surface area contributed by atoms with Crippen molar-refractivity contribution in [2.24, 2.45) is 41.2 Å². The van der Waals surface area contributed by atoms with E-state index in [0.717, 1.165) is 78.5 Å². The molecule has 0 bridgehead atoms. The van der Waals surface area contributed by atoms with Gasteiger partial charge in [-0.3, -0.25) is 0 Å². The lowest BCUT2D eigenvalue weighted by Gasteiger charge is -2.26. The molecule has 15 rings (SSSR count). The monoisotopic (exact) mass is 1740 g/mol. The van der Waals surface area contributed by atoms with E-state index in [1.165, 1.54) is 211 Å². The molecule has 0 N–H and O–H groups in total. The summed E-state index contributed by atoms with van der Waals surface area (Å²) in [6, 6.07) is 40.3. The van der Waals surface area contributed by atoms with Gasteiger partial charge in [-0.2, -0.15) is 22.8 Å². The summed E-state index contributed by atoms with van der Waals surface area (Å²) in [5, 5.41) is 10.9. The van der Waals surface area contributed by atoms with Crippen molar-refractivity contribution in [1.82, 2.24) is 0 Å². The van der Waals surface area contributed by atoms with Crippen LogP contribution in [0.4, 0.5) is 4.39 Å². The third-order valence-electron chi connectivity index (χ3n) is 28.6. The first-order valence-electron chi connectivity index (χ1n) is 50.0. The van der Waals surface area contributed by atoms with Crippen LogP contribution in [0.1, 0.15) is 279 Å². The highest BCUT2D eigenvalue weighted by Gasteiger charge is 2.32. The van der Waals surface area contributed by atoms with Crippen LogP contribution in [0.2, 0.25) is 0 Å². The fourth-order valence-corrected chi connectivity index (χ4v) is 21.2. The number of hydrogen-bond acceptors (Lipinski definition) is 0. The van der Waals surface area contributed by atoms with Gasteiger partial charge in [-0.25, -0.2) is 4.39 Å². The summed E-state index contributed by atoms with van der Waals surface area (Å²) in [4.78, 5) is 0. The maximum absolute atomic E-state index is 14.6. The van der Waals surface area contributed by atoms with Gasteiger partial charge in [0.1, 0.15) is 41.1 Å². The molecule has 130 heavy (non-hydrogen) atoms. The summed E-state index contributed by atoms with van der Waals surface area (Å²) in [5.74, 6) is 1.24. The molecule has 0 amide bonds. The van der Waals surface area contributed by atoms with Crippen LogP contribution in [0.3, 0.4) is 0 Å². The first-order valence-corrected chi connectivity index (χ1v) is 47.5. The Bertz CT molecular complexity index is 7200. The van der Waals surface area contributed by atoms with Crippen LogP contribution in [0.25, 0.3) is 110 Å². The Hall–Kier alpha value is -10.8. The molecule has 0 aliphatic rings. The molecule has 5 nitrogen and oxygen atoms in total. The van der Waals surface area contributed by atoms with Crippen LogP contribution < -0.4 is 22.8 Å². The Morgan fingerprint density at radius 2 is 0.531 bits per heavy atom. The minimum absolute atomic E-state index is 0.0168. The van der Waals surface area contributed by atoms with Crippen LogP contribution in [0.5, 0.6) is 0 Å². The Morgan fingerprint density at radius 3 is 0.838 bits per heavy atom. The zero-order chi connectivity index (χ0) is 101. The highest BCUT2D eigenvalue weighted by molar-refractivity contribution is 6.02. The van der Waals surface area contributed by atoms with Crippen molar-refractivity contribution in [1.29, 1.82) is 0 Å². The van der Waals surface area contributed by atoms with Gasteiger partial charge in [-0.15, -0.1) is 0 Å².